The predicted molar refractivity (Wildman–Crippen MR) is 103 cm³/mol. The lowest BCUT2D eigenvalue weighted by Crippen LogP contribution is -2.00. The summed E-state index contributed by atoms with van der Waals surface area (Å²) >= 11 is 0. The first-order chi connectivity index (χ1) is 11.9. The van der Waals surface area contributed by atoms with Gasteiger partial charge in [-0.25, -0.2) is 0 Å². The van der Waals surface area contributed by atoms with Gasteiger partial charge in [0.25, 0.3) is 0 Å². The molecule has 0 atom stereocenters. The zero-order valence-corrected chi connectivity index (χ0v) is 14.8. The zero-order chi connectivity index (χ0) is 16.2. The Morgan fingerprint density at radius 1 is 0.542 bits per heavy atom. The Morgan fingerprint density at radius 3 is 2.00 bits per heavy atom. The number of rotatable bonds is 0. The van der Waals surface area contributed by atoms with Crippen molar-refractivity contribution in [2.45, 2.75) is 70.6 Å². The molecule has 2 aromatic carbocycles. The molecular formula is C24H29. The SMILES string of the molecule is [CH]1c2ccccc2-c2ccc3c(c21)CCCCCCCCCCC3. The maximum Gasteiger partial charge on any atom is 0.0214 e. The number of hydrogen-bond donors (Lipinski definition) is 0. The van der Waals surface area contributed by atoms with Crippen molar-refractivity contribution in [3.05, 3.63) is 65.1 Å². The van der Waals surface area contributed by atoms with Gasteiger partial charge in [-0.2, -0.15) is 0 Å². The molecule has 0 aliphatic heterocycles. The molecule has 0 nitrogen and oxygen atoms in total. The van der Waals surface area contributed by atoms with E-state index in [1.165, 1.54) is 92.9 Å². The van der Waals surface area contributed by atoms with Gasteiger partial charge >= 0.3 is 0 Å². The van der Waals surface area contributed by atoms with E-state index in [2.05, 4.69) is 42.8 Å². The predicted octanol–water partition coefficient (Wildman–Crippen LogP) is 6.88. The Morgan fingerprint density at radius 2 is 1.21 bits per heavy atom. The van der Waals surface area contributed by atoms with Gasteiger partial charge < -0.3 is 0 Å². The lowest BCUT2D eigenvalue weighted by Gasteiger charge is -2.15. The van der Waals surface area contributed by atoms with Crippen molar-refractivity contribution in [3.63, 3.8) is 0 Å². The van der Waals surface area contributed by atoms with E-state index >= 15 is 0 Å². The van der Waals surface area contributed by atoms with Gasteiger partial charge in [0.05, 0.1) is 0 Å². The van der Waals surface area contributed by atoms with Crippen LogP contribution in [0.5, 0.6) is 0 Å². The van der Waals surface area contributed by atoms with Crippen molar-refractivity contribution >= 4 is 0 Å². The van der Waals surface area contributed by atoms with E-state index in [4.69, 9.17) is 0 Å². The van der Waals surface area contributed by atoms with Crippen LogP contribution in [0.4, 0.5) is 0 Å². The van der Waals surface area contributed by atoms with Gasteiger partial charge in [-0.05, 0) is 59.1 Å². The minimum atomic E-state index is 1.27. The topological polar surface area (TPSA) is 0 Å². The minimum Gasteiger partial charge on any atom is -0.0619 e. The van der Waals surface area contributed by atoms with E-state index < -0.39 is 0 Å². The Bertz CT molecular complexity index is 695. The molecular weight excluding hydrogens is 288 g/mol. The van der Waals surface area contributed by atoms with Gasteiger partial charge in [0.2, 0.25) is 0 Å². The molecule has 24 heavy (non-hydrogen) atoms. The molecule has 0 heteroatoms. The molecule has 0 bridgehead atoms. The van der Waals surface area contributed by atoms with Crippen molar-refractivity contribution in [2.75, 3.05) is 0 Å². The van der Waals surface area contributed by atoms with Crippen LogP contribution in [-0.4, -0.2) is 0 Å². The summed E-state index contributed by atoms with van der Waals surface area (Å²) in [5.74, 6) is 0. The van der Waals surface area contributed by atoms with Crippen LogP contribution in [0.1, 0.15) is 80.0 Å². The van der Waals surface area contributed by atoms with E-state index in [-0.39, 0.29) is 0 Å². The summed E-state index contributed by atoms with van der Waals surface area (Å²) in [5, 5.41) is 0. The highest BCUT2D eigenvalue weighted by Gasteiger charge is 2.22. The third kappa shape index (κ3) is 3.29. The van der Waals surface area contributed by atoms with Crippen molar-refractivity contribution in [1.29, 1.82) is 0 Å². The van der Waals surface area contributed by atoms with Crippen LogP contribution in [0, 0.1) is 6.42 Å². The lowest BCUT2D eigenvalue weighted by molar-refractivity contribution is 0.564. The monoisotopic (exact) mass is 317 g/mol. The van der Waals surface area contributed by atoms with E-state index in [1.54, 1.807) is 11.1 Å². The molecule has 0 saturated carbocycles. The van der Waals surface area contributed by atoms with Crippen LogP contribution in [-0.2, 0) is 12.8 Å². The Labute approximate surface area is 147 Å². The summed E-state index contributed by atoms with van der Waals surface area (Å²) in [4.78, 5) is 0. The largest absolute Gasteiger partial charge is 0.0619 e. The van der Waals surface area contributed by atoms with Crippen molar-refractivity contribution in [3.8, 4) is 11.1 Å². The van der Waals surface area contributed by atoms with Crippen LogP contribution in [0.2, 0.25) is 0 Å². The highest BCUT2D eigenvalue weighted by Crippen LogP contribution is 2.41. The average Bonchev–Trinajstić information content (AvgIpc) is 2.99. The van der Waals surface area contributed by atoms with E-state index in [9.17, 15) is 0 Å². The molecule has 0 fully saturated rings. The zero-order valence-electron chi connectivity index (χ0n) is 14.8. The van der Waals surface area contributed by atoms with Crippen LogP contribution in [0.3, 0.4) is 0 Å². The van der Waals surface area contributed by atoms with Gasteiger partial charge in [-0.15, -0.1) is 0 Å². The standard InChI is InChI=1S/C24H29/c1-2-4-6-8-12-19-16-17-23-22-15-11-10-13-20(22)18-24(23)21(19)14-9-7-5-3-1/h10-11,13,15-18H,1-9,12,14H2. The highest BCUT2D eigenvalue weighted by molar-refractivity contribution is 5.82. The average molecular weight is 317 g/mol. The van der Waals surface area contributed by atoms with Crippen LogP contribution in [0.25, 0.3) is 11.1 Å². The number of hydrogen-bond acceptors (Lipinski definition) is 0. The maximum atomic E-state index is 2.45. The first-order valence-corrected chi connectivity index (χ1v) is 10.0. The summed E-state index contributed by atoms with van der Waals surface area (Å²) in [6, 6.07) is 13.7. The Hall–Kier alpha value is -1.56. The van der Waals surface area contributed by atoms with Crippen LogP contribution >= 0.6 is 0 Å². The highest BCUT2D eigenvalue weighted by atomic mass is 14.3. The Kier molecular flexibility index (Phi) is 5.02. The third-order valence-electron chi connectivity index (χ3n) is 5.88. The molecule has 1 radical (unpaired) electrons. The first kappa shape index (κ1) is 15.9. The smallest absolute Gasteiger partial charge is 0.0214 e. The summed E-state index contributed by atoms with van der Waals surface area (Å²) in [6.07, 6.45) is 17.7. The molecule has 0 saturated heterocycles. The van der Waals surface area contributed by atoms with Gasteiger partial charge in [-0.1, -0.05) is 81.3 Å². The molecule has 2 aromatic rings. The molecule has 2 aliphatic carbocycles. The second-order valence-electron chi connectivity index (χ2n) is 7.58. The summed E-state index contributed by atoms with van der Waals surface area (Å²) < 4.78 is 0. The molecule has 0 N–H and O–H groups in total. The van der Waals surface area contributed by atoms with Crippen LogP contribution < -0.4 is 0 Å². The molecule has 0 heterocycles. The van der Waals surface area contributed by atoms with Gasteiger partial charge in [0, 0.05) is 6.42 Å². The lowest BCUT2D eigenvalue weighted by atomic mass is 9.90. The van der Waals surface area contributed by atoms with E-state index in [0.717, 1.165) is 0 Å². The Balaban J connectivity index is 1.64. The van der Waals surface area contributed by atoms with Crippen molar-refractivity contribution < 1.29 is 0 Å². The molecule has 4 rings (SSSR count). The van der Waals surface area contributed by atoms with E-state index in [1.807, 2.05) is 0 Å². The molecule has 2 aliphatic rings. The second-order valence-corrected chi connectivity index (χ2v) is 7.58. The third-order valence-corrected chi connectivity index (χ3v) is 5.88. The summed E-state index contributed by atoms with van der Waals surface area (Å²) in [7, 11) is 0. The quantitative estimate of drug-likeness (QED) is 0.424. The van der Waals surface area contributed by atoms with Crippen molar-refractivity contribution in [2.24, 2.45) is 0 Å². The molecule has 0 spiro atoms. The summed E-state index contributed by atoms with van der Waals surface area (Å²) in [5.41, 5.74) is 9.11. The minimum absolute atomic E-state index is 1.27. The van der Waals surface area contributed by atoms with Gasteiger partial charge in [0.1, 0.15) is 0 Å². The fourth-order valence-electron chi connectivity index (χ4n) is 4.52. The summed E-state index contributed by atoms with van der Waals surface area (Å²) in [6.45, 7) is 0. The van der Waals surface area contributed by atoms with Gasteiger partial charge in [-0.3, -0.25) is 0 Å². The first-order valence-electron chi connectivity index (χ1n) is 10.0. The number of benzene rings is 2. The fraction of sp³-hybridized carbons (Fsp3) is 0.458. The maximum absolute atomic E-state index is 2.45. The normalized spacial score (nSPS) is 18.5. The molecule has 0 unspecified atom stereocenters. The van der Waals surface area contributed by atoms with Crippen molar-refractivity contribution in [1.82, 2.24) is 0 Å². The molecule has 125 valence electrons. The van der Waals surface area contributed by atoms with E-state index in [0.29, 0.717) is 0 Å². The molecule has 0 amide bonds. The second kappa shape index (κ2) is 7.55. The molecule has 0 aromatic heterocycles. The van der Waals surface area contributed by atoms with Gasteiger partial charge in [0.15, 0.2) is 0 Å². The fourth-order valence-corrected chi connectivity index (χ4v) is 4.52. The van der Waals surface area contributed by atoms with Crippen LogP contribution in [0.15, 0.2) is 36.4 Å². The number of fused-ring (bicyclic) bond motifs is 5. The number of aryl methyl sites for hydroxylation is 1.